The number of furan rings is 1. The molecular weight excluding hydrogens is 430 g/mol. The summed E-state index contributed by atoms with van der Waals surface area (Å²) in [6.45, 7) is 1.02. The number of carbonyl (C=O) groups excluding carboxylic acids is 2. The molecule has 2 N–H and O–H groups in total. The average molecular weight is 454 g/mol. The maximum absolute atomic E-state index is 12.9. The van der Waals surface area contributed by atoms with Gasteiger partial charge in [0, 0.05) is 30.0 Å². The van der Waals surface area contributed by atoms with Gasteiger partial charge in [-0.1, -0.05) is 18.6 Å². The largest absolute Gasteiger partial charge is 0.459 e. The summed E-state index contributed by atoms with van der Waals surface area (Å²) in [5, 5.41) is 5.40. The zero-order valence-corrected chi connectivity index (χ0v) is 18.1. The van der Waals surface area contributed by atoms with E-state index in [9.17, 15) is 18.0 Å². The lowest BCUT2D eigenvalue weighted by atomic mass is 10.1. The fraction of sp³-hybridized carbons (Fsp3) is 0.217. The first-order chi connectivity index (χ1) is 15.4. The third-order valence-corrected chi connectivity index (χ3v) is 7.07. The highest BCUT2D eigenvalue weighted by Crippen LogP contribution is 2.23. The quantitative estimate of drug-likeness (QED) is 0.587. The lowest BCUT2D eigenvalue weighted by Crippen LogP contribution is -2.35. The molecule has 4 rings (SSSR count). The number of anilines is 2. The van der Waals surface area contributed by atoms with Gasteiger partial charge >= 0.3 is 0 Å². The summed E-state index contributed by atoms with van der Waals surface area (Å²) in [5.74, 6) is -0.693. The Morgan fingerprint density at radius 2 is 1.50 bits per heavy atom. The van der Waals surface area contributed by atoms with Crippen LogP contribution < -0.4 is 10.6 Å². The van der Waals surface area contributed by atoms with E-state index in [0.29, 0.717) is 30.0 Å². The average Bonchev–Trinajstić information content (AvgIpc) is 3.35. The van der Waals surface area contributed by atoms with Crippen LogP contribution in [0.15, 0.2) is 76.2 Å². The molecule has 0 bridgehead atoms. The fourth-order valence-corrected chi connectivity index (χ4v) is 5.09. The summed E-state index contributed by atoms with van der Waals surface area (Å²) in [6, 6.07) is 15.8. The third-order valence-electron chi connectivity index (χ3n) is 5.17. The van der Waals surface area contributed by atoms with Gasteiger partial charge in [0.15, 0.2) is 5.76 Å². The molecule has 1 aliphatic rings. The Hall–Kier alpha value is -3.43. The Bertz CT molecular complexity index is 1220. The van der Waals surface area contributed by atoms with Crippen LogP contribution in [0.5, 0.6) is 0 Å². The molecular formula is C23H23N3O5S. The molecule has 0 radical (unpaired) electrons. The molecule has 9 heteroatoms. The second-order valence-corrected chi connectivity index (χ2v) is 9.40. The molecule has 0 unspecified atom stereocenters. The van der Waals surface area contributed by atoms with E-state index in [1.807, 2.05) is 0 Å². The van der Waals surface area contributed by atoms with Gasteiger partial charge in [-0.25, -0.2) is 8.42 Å². The molecule has 0 aliphatic carbocycles. The first-order valence-electron chi connectivity index (χ1n) is 10.3. The molecule has 166 valence electrons. The monoisotopic (exact) mass is 453 g/mol. The summed E-state index contributed by atoms with van der Waals surface area (Å²) < 4.78 is 32.4. The number of benzene rings is 2. The Balaban J connectivity index is 1.47. The van der Waals surface area contributed by atoms with Crippen molar-refractivity contribution >= 4 is 33.2 Å². The minimum Gasteiger partial charge on any atom is -0.459 e. The van der Waals surface area contributed by atoms with Crippen molar-refractivity contribution in [1.82, 2.24) is 4.31 Å². The van der Waals surface area contributed by atoms with E-state index < -0.39 is 21.8 Å². The maximum atomic E-state index is 12.9. The van der Waals surface area contributed by atoms with Gasteiger partial charge in [0.05, 0.1) is 11.2 Å². The van der Waals surface area contributed by atoms with Gasteiger partial charge in [-0.15, -0.1) is 0 Å². The van der Waals surface area contributed by atoms with E-state index >= 15 is 0 Å². The van der Waals surface area contributed by atoms with Gasteiger partial charge in [-0.2, -0.15) is 4.31 Å². The number of rotatable bonds is 6. The van der Waals surface area contributed by atoms with Crippen LogP contribution in [-0.4, -0.2) is 37.6 Å². The van der Waals surface area contributed by atoms with Gasteiger partial charge < -0.3 is 15.1 Å². The summed E-state index contributed by atoms with van der Waals surface area (Å²) in [7, 11) is -3.60. The zero-order valence-electron chi connectivity index (χ0n) is 17.3. The van der Waals surface area contributed by atoms with Crippen LogP contribution in [0.1, 0.15) is 40.2 Å². The molecule has 8 nitrogen and oxygen atoms in total. The molecule has 1 aliphatic heterocycles. The Labute approximate surface area is 186 Å². The highest BCUT2D eigenvalue weighted by Gasteiger charge is 2.26. The molecule has 32 heavy (non-hydrogen) atoms. The van der Waals surface area contributed by atoms with Crippen molar-refractivity contribution in [3.05, 3.63) is 78.3 Å². The number of piperidine rings is 1. The van der Waals surface area contributed by atoms with Crippen molar-refractivity contribution in [1.29, 1.82) is 0 Å². The number of hydrogen-bond acceptors (Lipinski definition) is 5. The first kappa shape index (κ1) is 21.8. The van der Waals surface area contributed by atoms with Gasteiger partial charge in [0.1, 0.15) is 0 Å². The summed E-state index contributed by atoms with van der Waals surface area (Å²) >= 11 is 0. The topological polar surface area (TPSA) is 109 Å². The minimum absolute atomic E-state index is 0.150. The lowest BCUT2D eigenvalue weighted by molar-refractivity contribution is 0.0993. The van der Waals surface area contributed by atoms with E-state index in [1.54, 1.807) is 36.4 Å². The van der Waals surface area contributed by atoms with Crippen molar-refractivity contribution in [2.75, 3.05) is 23.7 Å². The van der Waals surface area contributed by atoms with E-state index in [1.165, 1.54) is 34.8 Å². The molecule has 3 aromatic rings. The van der Waals surface area contributed by atoms with Crippen molar-refractivity contribution in [3.8, 4) is 0 Å². The first-order valence-corrected chi connectivity index (χ1v) is 11.7. The number of amides is 2. The number of nitrogens with one attached hydrogen (secondary N) is 2. The van der Waals surface area contributed by atoms with Crippen LogP contribution >= 0.6 is 0 Å². The van der Waals surface area contributed by atoms with Crippen LogP contribution in [0.3, 0.4) is 0 Å². The molecule has 1 saturated heterocycles. The van der Waals surface area contributed by atoms with Crippen LogP contribution in [-0.2, 0) is 10.0 Å². The van der Waals surface area contributed by atoms with Gasteiger partial charge in [0.2, 0.25) is 10.0 Å². The van der Waals surface area contributed by atoms with Crippen molar-refractivity contribution < 1.29 is 22.4 Å². The number of carbonyl (C=O) groups is 2. The van der Waals surface area contributed by atoms with Gasteiger partial charge in [-0.3, -0.25) is 9.59 Å². The molecule has 0 spiro atoms. The molecule has 2 aromatic carbocycles. The van der Waals surface area contributed by atoms with Gasteiger partial charge in [0.25, 0.3) is 11.8 Å². The number of nitrogens with zero attached hydrogens (tertiary/aromatic N) is 1. The van der Waals surface area contributed by atoms with E-state index in [2.05, 4.69) is 10.6 Å². The SMILES string of the molecule is O=C(Nc1cccc(S(=O)(=O)N2CCCCC2)c1)c1cccc(NC(=O)c2ccco2)c1. The molecule has 0 saturated carbocycles. The zero-order chi connectivity index (χ0) is 22.6. The predicted molar refractivity (Wildman–Crippen MR) is 120 cm³/mol. The molecule has 2 amide bonds. The maximum Gasteiger partial charge on any atom is 0.291 e. The standard InChI is InChI=1S/C23H23N3O5S/c27-22(17-7-4-8-18(15-17)25-23(28)21-11-6-14-31-21)24-19-9-5-10-20(16-19)32(29,30)26-12-2-1-3-13-26/h4-11,14-16H,1-3,12-13H2,(H,24,27)(H,25,28). The predicted octanol–water partition coefficient (Wildman–Crippen LogP) is 3.96. The molecule has 1 fully saturated rings. The second-order valence-electron chi connectivity index (χ2n) is 7.46. The Morgan fingerprint density at radius 3 is 2.22 bits per heavy atom. The van der Waals surface area contributed by atoms with Crippen molar-refractivity contribution in [2.24, 2.45) is 0 Å². The van der Waals surface area contributed by atoms with Crippen LogP contribution in [0.25, 0.3) is 0 Å². The van der Waals surface area contributed by atoms with Crippen molar-refractivity contribution in [2.45, 2.75) is 24.2 Å². The van der Waals surface area contributed by atoms with Crippen molar-refractivity contribution in [3.63, 3.8) is 0 Å². The van der Waals surface area contributed by atoms with E-state index in [-0.39, 0.29) is 10.7 Å². The van der Waals surface area contributed by atoms with Gasteiger partial charge in [-0.05, 0) is 61.4 Å². The Morgan fingerprint density at radius 1 is 0.812 bits per heavy atom. The van der Waals surface area contributed by atoms with Crippen LogP contribution in [0, 0.1) is 0 Å². The van der Waals surface area contributed by atoms with Crippen LogP contribution in [0.4, 0.5) is 11.4 Å². The second kappa shape index (κ2) is 9.37. The highest BCUT2D eigenvalue weighted by molar-refractivity contribution is 7.89. The minimum atomic E-state index is -3.60. The fourth-order valence-electron chi connectivity index (χ4n) is 3.53. The highest BCUT2D eigenvalue weighted by atomic mass is 32.2. The molecule has 2 heterocycles. The number of sulfonamides is 1. The third kappa shape index (κ3) is 4.90. The lowest BCUT2D eigenvalue weighted by Gasteiger charge is -2.26. The molecule has 0 atom stereocenters. The summed E-state index contributed by atoms with van der Waals surface area (Å²) in [5.41, 5.74) is 1.12. The number of hydrogen-bond donors (Lipinski definition) is 2. The summed E-state index contributed by atoms with van der Waals surface area (Å²) in [4.78, 5) is 25.0. The van der Waals surface area contributed by atoms with E-state index in [0.717, 1.165) is 19.3 Å². The normalized spacial score (nSPS) is 14.6. The van der Waals surface area contributed by atoms with E-state index in [4.69, 9.17) is 4.42 Å². The smallest absolute Gasteiger partial charge is 0.291 e. The summed E-state index contributed by atoms with van der Waals surface area (Å²) in [6.07, 6.45) is 4.13. The Kier molecular flexibility index (Phi) is 6.38. The molecule has 1 aromatic heterocycles. The van der Waals surface area contributed by atoms with Crippen LogP contribution in [0.2, 0.25) is 0 Å².